The van der Waals surface area contributed by atoms with Crippen LogP contribution in [0.3, 0.4) is 0 Å². The minimum atomic E-state index is -1.01. The van der Waals surface area contributed by atoms with E-state index in [1.165, 1.54) is 6.20 Å². The zero-order chi connectivity index (χ0) is 17.0. The maximum absolute atomic E-state index is 12.1. The smallest absolute Gasteiger partial charge is 0.339 e. The molecular weight excluding hydrogens is 314 g/mol. The van der Waals surface area contributed by atoms with Gasteiger partial charge < -0.3 is 10.4 Å². The number of amides is 1. The summed E-state index contributed by atoms with van der Waals surface area (Å²) in [6.07, 6.45) is 3.29. The molecular formula is C16H19N3O3S. The number of aromatic carboxylic acids is 1. The van der Waals surface area contributed by atoms with Crippen LogP contribution in [0.15, 0.2) is 30.5 Å². The third kappa shape index (κ3) is 3.92. The Morgan fingerprint density at radius 1 is 1.43 bits per heavy atom. The average molecular weight is 333 g/mol. The Bertz CT molecular complexity index is 727. The van der Waals surface area contributed by atoms with Crippen LogP contribution in [0.2, 0.25) is 0 Å². The molecule has 0 spiro atoms. The number of carbonyl (C=O) groups excluding carboxylic acids is 1. The summed E-state index contributed by atoms with van der Waals surface area (Å²) in [7, 11) is 0. The first-order valence-corrected chi connectivity index (χ1v) is 8.51. The Morgan fingerprint density at radius 2 is 2.17 bits per heavy atom. The molecule has 122 valence electrons. The highest BCUT2D eigenvalue weighted by molar-refractivity contribution is 7.98. The minimum Gasteiger partial charge on any atom is -0.478 e. The predicted molar refractivity (Wildman–Crippen MR) is 91.4 cm³/mol. The fourth-order valence-electron chi connectivity index (χ4n) is 2.19. The quantitative estimate of drug-likeness (QED) is 0.849. The maximum Gasteiger partial charge on any atom is 0.339 e. The zero-order valence-electron chi connectivity index (χ0n) is 13.2. The molecule has 1 atom stereocenters. The number of carboxylic acids is 1. The van der Waals surface area contributed by atoms with Gasteiger partial charge in [0.05, 0.1) is 17.6 Å². The number of carbonyl (C=O) groups is 2. The molecule has 6 nitrogen and oxygen atoms in total. The Kier molecular flexibility index (Phi) is 5.44. The molecule has 0 saturated heterocycles. The van der Waals surface area contributed by atoms with Gasteiger partial charge in [0.15, 0.2) is 0 Å². The van der Waals surface area contributed by atoms with E-state index in [1.807, 2.05) is 19.2 Å². The highest BCUT2D eigenvalue weighted by atomic mass is 32.2. The highest BCUT2D eigenvalue weighted by Crippen LogP contribution is 2.19. The first-order chi connectivity index (χ1) is 10.9. The van der Waals surface area contributed by atoms with Crippen LogP contribution in [0.4, 0.5) is 5.69 Å². The summed E-state index contributed by atoms with van der Waals surface area (Å²) in [6.45, 7) is 3.58. The van der Waals surface area contributed by atoms with Gasteiger partial charge in [0.1, 0.15) is 5.56 Å². The number of hydrogen-bond acceptors (Lipinski definition) is 4. The third-order valence-corrected chi connectivity index (χ3v) is 4.30. The summed E-state index contributed by atoms with van der Waals surface area (Å²) in [5, 5.41) is 16.1. The number of benzene rings is 1. The van der Waals surface area contributed by atoms with Gasteiger partial charge in [0, 0.05) is 17.4 Å². The predicted octanol–water partition coefficient (Wildman–Crippen LogP) is 2.82. The van der Waals surface area contributed by atoms with Crippen molar-refractivity contribution in [1.29, 1.82) is 0 Å². The summed E-state index contributed by atoms with van der Waals surface area (Å²) in [4.78, 5) is 23.2. The molecule has 0 bridgehead atoms. The molecule has 1 heterocycles. The van der Waals surface area contributed by atoms with Crippen LogP contribution in [0.5, 0.6) is 0 Å². The van der Waals surface area contributed by atoms with E-state index in [2.05, 4.69) is 10.4 Å². The number of nitrogens with zero attached hydrogens (tertiary/aromatic N) is 2. The summed E-state index contributed by atoms with van der Waals surface area (Å²) in [6, 6.07) is 7.18. The van der Waals surface area contributed by atoms with Gasteiger partial charge in [-0.3, -0.25) is 4.79 Å². The minimum absolute atomic E-state index is 0.0417. The molecule has 23 heavy (non-hydrogen) atoms. The number of aromatic nitrogens is 2. The first kappa shape index (κ1) is 17.1. The van der Waals surface area contributed by atoms with Gasteiger partial charge in [-0.15, -0.1) is 0 Å². The monoisotopic (exact) mass is 333 g/mol. The summed E-state index contributed by atoms with van der Waals surface area (Å²) in [5.74, 6) is -0.381. The lowest BCUT2D eigenvalue weighted by atomic mass is 10.2. The highest BCUT2D eigenvalue weighted by Gasteiger charge is 2.15. The van der Waals surface area contributed by atoms with E-state index in [0.717, 1.165) is 5.75 Å². The Hall–Kier alpha value is -2.28. The largest absolute Gasteiger partial charge is 0.478 e. The van der Waals surface area contributed by atoms with E-state index in [9.17, 15) is 9.59 Å². The molecule has 0 saturated carbocycles. The van der Waals surface area contributed by atoms with Crippen LogP contribution in [0.25, 0.3) is 5.69 Å². The number of thioether (sulfide) groups is 1. The van der Waals surface area contributed by atoms with Crippen molar-refractivity contribution < 1.29 is 14.7 Å². The second kappa shape index (κ2) is 7.32. The Labute approximate surface area is 138 Å². The van der Waals surface area contributed by atoms with E-state index in [4.69, 9.17) is 5.11 Å². The van der Waals surface area contributed by atoms with Gasteiger partial charge >= 0.3 is 5.97 Å². The SMILES string of the molecule is CSCC(C)C(=O)Nc1cccc(-n2ncc(C(=O)O)c2C)c1. The molecule has 0 fully saturated rings. The topological polar surface area (TPSA) is 84.2 Å². The normalized spacial score (nSPS) is 12.0. The van der Waals surface area contributed by atoms with Gasteiger partial charge in [-0.2, -0.15) is 16.9 Å². The van der Waals surface area contributed by atoms with Gasteiger partial charge in [0.2, 0.25) is 5.91 Å². The number of anilines is 1. The number of carboxylic acid groups (broad SMARTS) is 1. The molecule has 1 aromatic carbocycles. The molecule has 2 rings (SSSR count). The van der Waals surface area contributed by atoms with Crippen molar-refractivity contribution in [3.8, 4) is 5.69 Å². The lowest BCUT2D eigenvalue weighted by Gasteiger charge is -2.12. The van der Waals surface area contributed by atoms with E-state index < -0.39 is 5.97 Å². The van der Waals surface area contributed by atoms with E-state index in [1.54, 1.807) is 41.6 Å². The van der Waals surface area contributed by atoms with Crippen LogP contribution in [-0.4, -0.2) is 38.8 Å². The fourth-order valence-corrected chi connectivity index (χ4v) is 2.84. The Morgan fingerprint density at radius 3 is 2.78 bits per heavy atom. The van der Waals surface area contributed by atoms with Gasteiger partial charge in [-0.25, -0.2) is 9.48 Å². The summed E-state index contributed by atoms with van der Waals surface area (Å²) >= 11 is 1.63. The van der Waals surface area contributed by atoms with E-state index >= 15 is 0 Å². The zero-order valence-corrected chi connectivity index (χ0v) is 14.1. The van der Waals surface area contributed by atoms with Crippen molar-refractivity contribution >= 4 is 29.3 Å². The second-order valence-electron chi connectivity index (χ2n) is 5.26. The number of nitrogens with one attached hydrogen (secondary N) is 1. The molecule has 1 amide bonds. The maximum atomic E-state index is 12.1. The van der Waals surface area contributed by atoms with E-state index in [-0.39, 0.29) is 17.4 Å². The first-order valence-electron chi connectivity index (χ1n) is 7.12. The lowest BCUT2D eigenvalue weighted by molar-refractivity contribution is -0.118. The van der Waals surface area contributed by atoms with Crippen molar-refractivity contribution in [2.45, 2.75) is 13.8 Å². The molecule has 2 N–H and O–H groups in total. The standard InChI is InChI=1S/C16H19N3O3S/c1-10(9-23-3)15(20)18-12-5-4-6-13(7-12)19-11(2)14(8-17-19)16(21)22/h4-8,10H,9H2,1-3H3,(H,18,20)(H,21,22). The molecule has 1 aromatic heterocycles. The lowest BCUT2D eigenvalue weighted by Crippen LogP contribution is -2.22. The van der Waals surface area contributed by atoms with Crippen molar-refractivity contribution in [2.24, 2.45) is 5.92 Å². The van der Waals surface area contributed by atoms with Gasteiger partial charge in [0.25, 0.3) is 0 Å². The molecule has 2 aromatic rings. The molecule has 7 heteroatoms. The molecule has 0 aliphatic rings. The van der Waals surface area contributed by atoms with Crippen LogP contribution in [-0.2, 0) is 4.79 Å². The van der Waals surface area contributed by atoms with E-state index in [0.29, 0.717) is 17.1 Å². The van der Waals surface area contributed by atoms with Crippen LogP contribution in [0.1, 0.15) is 23.0 Å². The van der Waals surface area contributed by atoms with Crippen molar-refractivity contribution in [1.82, 2.24) is 9.78 Å². The van der Waals surface area contributed by atoms with Crippen molar-refractivity contribution in [3.63, 3.8) is 0 Å². The van der Waals surface area contributed by atoms with Crippen molar-refractivity contribution in [3.05, 3.63) is 41.7 Å². The van der Waals surface area contributed by atoms with Gasteiger partial charge in [-0.05, 0) is 31.4 Å². The fraction of sp³-hybridized carbons (Fsp3) is 0.312. The number of rotatable bonds is 6. The Balaban J connectivity index is 2.23. The average Bonchev–Trinajstić information content (AvgIpc) is 2.89. The summed E-state index contributed by atoms with van der Waals surface area (Å²) in [5.41, 5.74) is 2.06. The third-order valence-electron chi connectivity index (χ3n) is 3.46. The van der Waals surface area contributed by atoms with Crippen LogP contribution >= 0.6 is 11.8 Å². The molecule has 0 aliphatic heterocycles. The summed E-state index contributed by atoms with van der Waals surface area (Å²) < 4.78 is 1.55. The van der Waals surface area contributed by atoms with Crippen LogP contribution in [0, 0.1) is 12.8 Å². The van der Waals surface area contributed by atoms with Crippen molar-refractivity contribution in [2.75, 3.05) is 17.3 Å². The molecule has 0 radical (unpaired) electrons. The molecule has 1 unspecified atom stereocenters. The molecule has 0 aliphatic carbocycles. The van der Waals surface area contributed by atoms with Crippen LogP contribution < -0.4 is 5.32 Å². The van der Waals surface area contributed by atoms with Gasteiger partial charge in [-0.1, -0.05) is 13.0 Å². The second-order valence-corrected chi connectivity index (χ2v) is 6.17. The number of hydrogen-bond donors (Lipinski definition) is 2.